The van der Waals surface area contributed by atoms with E-state index in [9.17, 15) is 33.6 Å². The van der Waals surface area contributed by atoms with Crippen molar-refractivity contribution in [1.82, 2.24) is 46.3 Å². The Hall–Kier alpha value is -3.11. The number of nitrogens with zero attached hydrogens (tertiary/aromatic N) is 4. The SMILES string of the molecule is COC=CCCCCCBr.COC=CCCCCCN1CCN(C(=O)CCCCC2SCC3NC(=O)NC32)CC1.COC=CCCCCCN1CCNCC1.O=C1NC2CSC(CCCCC(=O)ON3C(=O)CCC3=O)C2N1.O=CCCCCCBr.OCCCCCCBr. The van der Waals surface area contributed by atoms with Gasteiger partial charge < -0.3 is 65.3 Å². The Balaban J connectivity index is 0.000000415. The summed E-state index contributed by atoms with van der Waals surface area (Å²) in [6, 6.07) is 0.803. The molecule has 7 fully saturated rings. The highest BCUT2D eigenvalue weighted by molar-refractivity contribution is 9.09. The fraction of sp³-hybridized carbons (Fsp3) is 0.809. The number of aliphatic hydroxyl groups excluding tert-OH is 1. The number of aliphatic hydroxyl groups is 1. The van der Waals surface area contributed by atoms with Gasteiger partial charge in [0.2, 0.25) is 5.91 Å². The van der Waals surface area contributed by atoms with Crippen LogP contribution in [-0.4, -0.2) is 222 Å². The van der Waals surface area contributed by atoms with Crippen LogP contribution in [0.3, 0.4) is 0 Å². The summed E-state index contributed by atoms with van der Waals surface area (Å²) in [5.41, 5.74) is 0. The number of amides is 7. The Kier molecular flexibility index (Phi) is 55.4. The van der Waals surface area contributed by atoms with Crippen molar-refractivity contribution in [3.05, 3.63) is 37.0 Å². The molecule has 7 rings (SSSR count). The van der Waals surface area contributed by atoms with Gasteiger partial charge in [-0.2, -0.15) is 23.5 Å². The van der Waals surface area contributed by atoms with Crippen molar-refractivity contribution in [2.75, 3.05) is 121 Å². The molecule has 94 heavy (non-hydrogen) atoms. The molecule has 0 saturated carbocycles. The Morgan fingerprint density at radius 2 is 0.947 bits per heavy atom. The van der Waals surface area contributed by atoms with Crippen LogP contribution in [0.1, 0.15) is 193 Å². The normalized spacial score (nSPS) is 21.4. The first-order valence-corrected chi connectivity index (χ1v) is 40.5. The number of alkyl halides is 3. The molecule has 7 amide bonds. The number of fused-ring (bicyclic) bond motifs is 2. The van der Waals surface area contributed by atoms with Gasteiger partial charge in [-0.05, 0) is 140 Å². The summed E-state index contributed by atoms with van der Waals surface area (Å²) in [5.74, 6) is 0.758. The molecule has 0 aromatic heterocycles. The fourth-order valence-electron chi connectivity index (χ4n) is 11.3. The van der Waals surface area contributed by atoms with Crippen molar-refractivity contribution in [3.8, 4) is 0 Å². The third-order valence-corrected chi connectivity index (χ3v) is 21.3. The predicted octanol–water partition coefficient (Wildman–Crippen LogP) is 11.7. The highest BCUT2D eigenvalue weighted by Crippen LogP contribution is 2.34. The van der Waals surface area contributed by atoms with Crippen LogP contribution >= 0.6 is 71.3 Å². The minimum absolute atomic E-state index is 0.0242. The second-order valence-electron chi connectivity index (χ2n) is 24.2. The molecule has 7 saturated heterocycles. The summed E-state index contributed by atoms with van der Waals surface area (Å²) < 4.78 is 14.5. The summed E-state index contributed by atoms with van der Waals surface area (Å²) in [5, 5.41) is 28.3. The van der Waals surface area contributed by atoms with E-state index >= 15 is 0 Å². The molecule has 7 aliphatic rings. The summed E-state index contributed by atoms with van der Waals surface area (Å²) in [6.07, 6.45) is 42.6. The van der Waals surface area contributed by atoms with E-state index < -0.39 is 17.8 Å². The van der Waals surface area contributed by atoms with Gasteiger partial charge in [-0.1, -0.05) is 99.2 Å². The number of urea groups is 2. The molecular weight excluding hydrogens is 1440 g/mol. The first-order valence-electron chi connectivity index (χ1n) is 35.0. The number of carbonyl (C=O) groups excluding carboxylic acids is 7. The Morgan fingerprint density at radius 1 is 0.521 bits per heavy atom. The lowest BCUT2D eigenvalue weighted by atomic mass is 10.0. The number of carbonyl (C=O) groups is 7. The van der Waals surface area contributed by atoms with Gasteiger partial charge in [0.1, 0.15) is 6.29 Å². The number of imide groups is 1. The molecule has 0 aliphatic carbocycles. The number of aldehydes is 1. The third-order valence-electron chi connectivity index (χ3n) is 16.6. The van der Waals surface area contributed by atoms with Gasteiger partial charge in [0.25, 0.3) is 11.8 Å². The van der Waals surface area contributed by atoms with E-state index in [-0.39, 0.29) is 55.5 Å². The van der Waals surface area contributed by atoms with Crippen LogP contribution < -0.4 is 26.6 Å². The number of hydrogen-bond acceptors (Lipinski definition) is 17. The van der Waals surface area contributed by atoms with Crippen LogP contribution in [0.5, 0.6) is 0 Å². The van der Waals surface area contributed by atoms with Crippen LogP contribution in [0.4, 0.5) is 9.59 Å². The quantitative estimate of drug-likeness (QED) is 0.00831. The number of rotatable bonds is 41. The summed E-state index contributed by atoms with van der Waals surface area (Å²) in [7, 11) is 5.05. The molecule has 0 bridgehead atoms. The van der Waals surface area contributed by atoms with Crippen LogP contribution in [0.25, 0.3) is 0 Å². The number of thioether (sulfide) groups is 2. The number of hydroxylamine groups is 2. The van der Waals surface area contributed by atoms with Gasteiger partial charge in [-0.3, -0.25) is 19.3 Å². The van der Waals surface area contributed by atoms with Crippen LogP contribution in [-0.2, 0) is 43.0 Å². The van der Waals surface area contributed by atoms with Crippen LogP contribution in [0.2, 0.25) is 0 Å². The number of nitrogens with one attached hydrogen (secondary N) is 5. The van der Waals surface area contributed by atoms with Crippen molar-refractivity contribution in [2.24, 2.45) is 0 Å². The topological polar surface area (TPSA) is 250 Å². The van der Waals surface area contributed by atoms with Gasteiger partial charge in [0.05, 0.1) is 64.3 Å². The van der Waals surface area contributed by atoms with E-state index in [1.165, 1.54) is 110 Å². The Morgan fingerprint density at radius 3 is 1.39 bits per heavy atom. The molecule has 26 heteroatoms. The number of unbranched alkanes of at least 4 members (excludes halogenated alkanes) is 17. The maximum Gasteiger partial charge on any atom is 0.333 e. The van der Waals surface area contributed by atoms with Gasteiger partial charge >= 0.3 is 18.0 Å². The number of methoxy groups -OCH3 is 3. The lowest BCUT2D eigenvalue weighted by molar-refractivity contribution is -0.197. The average Bonchev–Trinajstić information content (AvgIpc) is 1.69. The summed E-state index contributed by atoms with van der Waals surface area (Å²) in [4.78, 5) is 91.3. The molecule has 0 aromatic carbocycles. The zero-order valence-electron chi connectivity index (χ0n) is 57.2. The molecule has 542 valence electrons. The number of piperazine rings is 2. The zero-order chi connectivity index (χ0) is 68.5. The van der Waals surface area contributed by atoms with Crippen LogP contribution in [0.15, 0.2) is 37.0 Å². The zero-order valence-corrected chi connectivity index (χ0v) is 63.6. The maximum absolute atomic E-state index is 12.5. The number of halogens is 3. The highest BCUT2D eigenvalue weighted by atomic mass is 79.9. The molecule has 6 atom stereocenters. The monoisotopic (exact) mass is 1560 g/mol. The maximum atomic E-state index is 12.5. The standard InChI is InChI=1S/C22H38N4O3S.C14H19N3O5S.C12H24N2O.C8H15BrO.C6H13BrO.C6H11BrO/c1-29-16-8-4-2-3-7-11-25-12-14-26(15-13-25)20(27)10-6-5-9-19-21-18(17-30-19)23-22(28)24-21;18-10-5-6-11(19)17(10)22-12(20)4-2-1-3-9-13-8(7-23-9)15-14(21)16-13;1-15-12-6-4-2-3-5-9-14-10-7-13-8-11-14;1-10-8-6-4-2-3-5-7-9;2*7-5-3-1-2-4-6-8/h8,16,18-19,21H,2-7,9-15,17H2,1H3,(H2,23,24,28);8-9,13H,1-7H2,(H2,15,16,21);6,12-13H,2-5,7-11H2,1H3;6,8H,2-5,7H2,1H3;8H,1-6H2;6H,1-5H2. The van der Waals surface area contributed by atoms with Crippen molar-refractivity contribution in [3.63, 3.8) is 0 Å². The van der Waals surface area contributed by atoms with Crippen molar-refractivity contribution >= 4 is 113 Å². The second-order valence-corrected chi connectivity index (χ2v) is 29.1. The molecule has 0 spiro atoms. The predicted molar refractivity (Wildman–Crippen MR) is 393 cm³/mol. The smallest absolute Gasteiger partial charge is 0.333 e. The number of allylic oxidation sites excluding steroid dienone is 3. The number of ether oxygens (including phenoxy) is 3. The van der Waals surface area contributed by atoms with Crippen molar-refractivity contribution in [2.45, 2.75) is 227 Å². The van der Waals surface area contributed by atoms with E-state index in [0.29, 0.717) is 40.9 Å². The molecular formula is C68H120Br3N9O12S2. The van der Waals surface area contributed by atoms with E-state index in [1.807, 2.05) is 28.4 Å². The van der Waals surface area contributed by atoms with E-state index in [4.69, 9.17) is 24.2 Å². The van der Waals surface area contributed by atoms with E-state index in [2.05, 4.69) is 102 Å². The highest BCUT2D eigenvalue weighted by Gasteiger charge is 2.44. The number of hydrogen-bond donors (Lipinski definition) is 6. The van der Waals surface area contributed by atoms with Gasteiger partial charge in [-0.25, -0.2) is 14.4 Å². The third kappa shape index (κ3) is 42.6. The molecule has 7 aliphatic heterocycles. The van der Waals surface area contributed by atoms with E-state index in [0.717, 1.165) is 150 Å². The minimum atomic E-state index is -0.554. The molecule has 0 radical (unpaired) electrons. The first kappa shape index (κ1) is 87.0. The molecule has 0 aromatic rings. The van der Waals surface area contributed by atoms with Gasteiger partial charge in [0, 0.05) is 129 Å². The van der Waals surface area contributed by atoms with Gasteiger partial charge in [-0.15, -0.1) is 5.06 Å². The fourth-order valence-corrected chi connectivity index (χ4v) is 15.6. The van der Waals surface area contributed by atoms with Gasteiger partial charge in [0.15, 0.2) is 0 Å². The molecule has 6 unspecified atom stereocenters. The Labute approximate surface area is 598 Å². The molecule has 21 nitrogen and oxygen atoms in total. The average molecular weight is 1560 g/mol. The lowest BCUT2D eigenvalue weighted by Gasteiger charge is -2.34. The van der Waals surface area contributed by atoms with Crippen LogP contribution in [0, 0.1) is 0 Å². The van der Waals surface area contributed by atoms with E-state index in [1.54, 1.807) is 40.1 Å². The Bertz CT molecular complexity index is 2060. The second kappa shape index (κ2) is 59.9. The summed E-state index contributed by atoms with van der Waals surface area (Å²) >= 11 is 13.8. The largest absolute Gasteiger partial charge is 0.505 e. The van der Waals surface area contributed by atoms with Crippen molar-refractivity contribution < 1.29 is 57.7 Å². The minimum Gasteiger partial charge on any atom is -0.505 e. The molecule has 6 N–H and O–H groups in total. The first-order chi connectivity index (χ1) is 45.9. The summed E-state index contributed by atoms with van der Waals surface area (Å²) in [6.45, 7) is 11.3. The van der Waals surface area contributed by atoms with Crippen molar-refractivity contribution in [1.29, 1.82) is 0 Å². The lowest BCUT2D eigenvalue weighted by Crippen LogP contribution is -2.48. The molecule has 7 heterocycles.